The molecule has 0 saturated carbocycles. The Morgan fingerprint density at radius 2 is 1.88 bits per heavy atom. The van der Waals surface area contributed by atoms with Crippen molar-refractivity contribution in [2.75, 3.05) is 18.5 Å². The number of rotatable bonds is 7. The highest BCUT2D eigenvalue weighted by molar-refractivity contribution is 5.48. The second-order valence-electron chi connectivity index (χ2n) is 5.34. The second-order valence-corrected chi connectivity index (χ2v) is 5.34. The predicted octanol–water partition coefficient (Wildman–Crippen LogP) is 4.18. The van der Waals surface area contributed by atoms with E-state index in [4.69, 9.17) is 4.74 Å². The summed E-state index contributed by atoms with van der Waals surface area (Å²) < 4.78 is 5.70. The van der Waals surface area contributed by atoms with Gasteiger partial charge in [0.25, 0.3) is 0 Å². The highest BCUT2D eigenvalue weighted by atomic mass is 16.5. The monoisotopic (exact) mass is 235 g/mol. The third-order valence-corrected chi connectivity index (χ3v) is 2.47. The first kappa shape index (κ1) is 13.9. The van der Waals surface area contributed by atoms with Crippen molar-refractivity contribution in [2.45, 2.75) is 34.1 Å². The first-order valence-electron chi connectivity index (χ1n) is 6.54. The molecule has 0 heterocycles. The van der Waals surface area contributed by atoms with Gasteiger partial charge in [0, 0.05) is 18.3 Å². The van der Waals surface area contributed by atoms with E-state index in [0.717, 1.165) is 30.5 Å². The van der Waals surface area contributed by atoms with E-state index in [1.165, 1.54) is 6.42 Å². The number of anilines is 1. The normalized spacial score (nSPS) is 10.9. The molecule has 0 atom stereocenters. The fraction of sp³-hybridized carbons (Fsp3) is 0.600. The molecule has 0 amide bonds. The Labute approximate surface area is 105 Å². The van der Waals surface area contributed by atoms with Crippen LogP contribution in [-0.2, 0) is 0 Å². The molecular formula is C15H25NO. The van der Waals surface area contributed by atoms with Gasteiger partial charge in [-0.15, -0.1) is 0 Å². The molecule has 0 saturated heterocycles. The van der Waals surface area contributed by atoms with Gasteiger partial charge in [-0.25, -0.2) is 0 Å². The molecule has 1 aromatic carbocycles. The number of hydrogen-bond acceptors (Lipinski definition) is 2. The van der Waals surface area contributed by atoms with Crippen LogP contribution in [0.5, 0.6) is 5.75 Å². The molecule has 0 aliphatic heterocycles. The van der Waals surface area contributed by atoms with Crippen molar-refractivity contribution in [1.82, 2.24) is 0 Å². The smallest absolute Gasteiger partial charge is 0.121 e. The molecule has 0 fully saturated rings. The molecule has 0 aromatic heterocycles. The van der Waals surface area contributed by atoms with Crippen LogP contribution in [0.4, 0.5) is 5.69 Å². The largest absolute Gasteiger partial charge is 0.493 e. The highest BCUT2D eigenvalue weighted by Crippen LogP contribution is 2.18. The molecule has 96 valence electrons. The van der Waals surface area contributed by atoms with Crippen molar-refractivity contribution in [2.24, 2.45) is 11.8 Å². The lowest BCUT2D eigenvalue weighted by atomic mass is 10.1. The fourth-order valence-electron chi connectivity index (χ4n) is 1.46. The Morgan fingerprint density at radius 1 is 1.12 bits per heavy atom. The van der Waals surface area contributed by atoms with E-state index in [-0.39, 0.29) is 0 Å². The molecule has 2 heteroatoms. The van der Waals surface area contributed by atoms with Crippen LogP contribution in [0, 0.1) is 11.8 Å². The maximum atomic E-state index is 5.70. The summed E-state index contributed by atoms with van der Waals surface area (Å²) in [7, 11) is 0. The first-order chi connectivity index (χ1) is 8.08. The van der Waals surface area contributed by atoms with E-state index >= 15 is 0 Å². The van der Waals surface area contributed by atoms with Crippen molar-refractivity contribution in [1.29, 1.82) is 0 Å². The average Bonchev–Trinajstić information content (AvgIpc) is 2.26. The predicted molar refractivity (Wildman–Crippen MR) is 74.7 cm³/mol. The standard InChI is InChI=1S/C15H25NO/c1-12(2)8-9-16-14-6-5-7-15(10-14)17-11-13(3)4/h5-7,10,12-13,16H,8-9,11H2,1-4H3. The van der Waals surface area contributed by atoms with Crippen LogP contribution in [0.3, 0.4) is 0 Å². The third-order valence-electron chi connectivity index (χ3n) is 2.47. The maximum absolute atomic E-state index is 5.70. The summed E-state index contributed by atoms with van der Waals surface area (Å²) in [5, 5.41) is 3.42. The third kappa shape index (κ3) is 6.20. The van der Waals surface area contributed by atoms with Gasteiger partial charge in [0.15, 0.2) is 0 Å². The molecule has 1 aromatic rings. The zero-order chi connectivity index (χ0) is 12.7. The molecule has 0 aliphatic rings. The first-order valence-corrected chi connectivity index (χ1v) is 6.54. The fourth-order valence-corrected chi connectivity index (χ4v) is 1.46. The Balaban J connectivity index is 2.42. The van der Waals surface area contributed by atoms with E-state index < -0.39 is 0 Å². The second kappa shape index (κ2) is 7.21. The molecule has 0 spiro atoms. The summed E-state index contributed by atoms with van der Waals surface area (Å²) in [6.07, 6.45) is 1.19. The minimum atomic E-state index is 0.563. The minimum absolute atomic E-state index is 0.563. The maximum Gasteiger partial charge on any atom is 0.121 e. The Morgan fingerprint density at radius 3 is 2.53 bits per heavy atom. The van der Waals surface area contributed by atoms with Crippen LogP contribution >= 0.6 is 0 Å². The zero-order valence-electron chi connectivity index (χ0n) is 11.5. The minimum Gasteiger partial charge on any atom is -0.493 e. The summed E-state index contributed by atoms with van der Waals surface area (Å²) in [6.45, 7) is 10.6. The van der Waals surface area contributed by atoms with Crippen molar-refractivity contribution >= 4 is 5.69 Å². The lowest BCUT2D eigenvalue weighted by Crippen LogP contribution is -2.06. The number of ether oxygens (including phenoxy) is 1. The number of hydrogen-bond donors (Lipinski definition) is 1. The van der Waals surface area contributed by atoms with Crippen molar-refractivity contribution in [3.8, 4) is 5.75 Å². The van der Waals surface area contributed by atoms with Gasteiger partial charge in [-0.3, -0.25) is 0 Å². The highest BCUT2D eigenvalue weighted by Gasteiger charge is 1.99. The van der Waals surface area contributed by atoms with Crippen molar-refractivity contribution in [3.05, 3.63) is 24.3 Å². The van der Waals surface area contributed by atoms with Gasteiger partial charge < -0.3 is 10.1 Å². The van der Waals surface area contributed by atoms with E-state index in [9.17, 15) is 0 Å². The van der Waals surface area contributed by atoms with Crippen molar-refractivity contribution < 1.29 is 4.74 Å². The molecule has 0 radical (unpaired) electrons. The summed E-state index contributed by atoms with van der Waals surface area (Å²) in [5.74, 6) is 2.25. The summed E-state index contributed by atoms with van der Waals surface area (Å²) >= 11 is 0. The molecule has 0 aliphatic carbocycles. The topological polar surface area (TPSA) is 21.3 Å². The summed E-state index contributed by atoms with van der Waals surface area (Å²) in [5.41, 5.74) is 1.15. The van der Waals surface area contributed by atoms with Crippen LogP contribution in [-0.4, -0.2) is 13.2 Å². The molecule has 1 N–H and O–H groups in total. The molecular weight excluding hydrogens is 210 g/mol. The Kier molecular flexibility index (Phi) is 5.88. The number of benzene rings is 1. The van der Waals surface area contributed by atoms with E-state index in [1.807, 2.05) is 12.1 Å². The van der Waals surface area contributed by atoms with Gasteiger partial charge in [-0.1, -0.05) is 33.8 Å². The van der Waals surface area contributed by atoms with Crippen LogP contribution in [0.1, 0.15) is 34.1 Å². The number of nitrogens with one attached hydrogen (secondary N) is 1. The summed E-state index contributed by atoms with van der Waals surface area (Å²) in [4.78, 5) is 0. The molecule has 2 nitrogen and oxygen atoms in total. The van der Waals surface area contributed by atoms with Gasteiger partial charge in [0.1, 0.15) is 5.75 Å². The van der Waals surface area contributed by atoms with Crippen LogP contribution in [0.2, 0.25) is 0 Å². The molecule has 0 unspecified atom stereocenters. The molecule has 0 bridgehead atoms. The van der Waals surface area contributed by atoms with E-state index in [0.29, 0.717) is 5.92 Å². The Hall–Kier alpha value is -1.18. The van der Waals surface area contributed by atoms with Gasteiger partial charge in [0.05, 0.1) is 6.61 Å². The Bertz CT molecular complexity index is 320. The quantitative estimate of drug-likeness (QED) is 0.765. The van der Waals surface area contributed by atoms with Crippen LogP contribution in [0.15, 0.2) is 24.3 Å². The lowest BCUT2D eigenvalue weighted by molar-refractivity contribution is 0.271. The zero-order valence-corrected chi connectivity index (χ0v) is 11.5. The lowest BCUT2D eigenvalue weighted by Gasteiger charge is -2.12. The summed E-state index contributed by atoms with van der Waals surface area (Å²) in [6, 6.07) is 8.20. The van der Waals surface area contributed by atoms with Crippen LogP contribution in [0.25, 0.3) is 0 Å². The molecule has 17 heavy (non-hydrogen) atoms. The van der Waals surface area contributed by atoms with Gasteiger partial charge >= 0.3 is 0 Å². The van der Waals surface area contributed by atoms with Gasteiger partial charge in [-0.2, -0.15) is 0 Å². The average molecular weight is 235 g/mol. The van der Waals surface area contributed by atoms with Crippen LogP contribution < -0.4 is 10.1 Å². The molecule has 1 rings (SSSR count). The van der Waals surface area contributed by atoms with Gasteiger partial charge in [-0.05, 0) is 30.4 Å². The van der Waals surface area contributed by atoms with Gasteiger partial charge in [0.2, 0.25) is 0 Å². The van der Waals surface area contributed by atoms with Crippen molar-refractivity contribution in [3.63, 3.8) is 0 Å². The van der Waals surface area contributed by atoms with E-state index in [1.54, 1.807) is 0 Å². The van der Waals surface area contributed by atoms with E-state index in [2.05, 4.69) is 45.1 Å². The SMILES string of the molecule is CC(C)CCNc1cccc(OCC(C)C)c1.